The van der Waals surface area contributed by atoms with Crippen LogP contribution in [0.5, 0.6) is 0 Å². The monoisotopic (exact) mass is 391 g/mol. The van der Waals surface area contributed by atoms with Crippen molar-refractivity contribution >= 4 is 46.0 Å². The number of thioether (sulfide) groups is 1. The quantitative estimate of drug-likeness (QED) is 0.470. The number of rotatable bonds is 3. The number of amides is 1. The number of hydrogen-bond acceptors (Lipinski definition) is 4. The number of aryl methyl sites for hydroxylation is 1. The molecule has 1 aliphatic heterocycles. The van der Waals surface area contributed by atoms with Gasteiger partial charge in [-0.3, -0.25) is 14.7 Å². The Morgan fingerprint density at radius 3 is 2.52 bits per heavy atom. The fourth-order valence-electron chi connectivity index (χ4n) is 3.23. The Labute approximate surface area is 167 Å². The van der Waals surface area contributed by atoms with Crippen LogP contribution in [0, 0.1) is 13.8 Å². The third-order valence-electron chi connectivity index (χ3n) is 4.47. The van der Waals surface area contributed by atoms with E-state index in [4.69, 9.17) is 12.2 Å². The van der Waals surface area contributed by atoms with Crippen molar-refractivity contribution in [2.45, 2.75) is 13.8 Å². The number of thiocarbonyl (C=S) groups is 1. The first kappa shape index (κ1) is 17.7. The zero-order valence-electron chi connectivity index (χ0n) is 14.9. The highest BCUT2D eigenvalue weighted by atomic mass is 32.2. The Bertz CT molecular complexity index is 1060. The van der Waals surface area contributed by atoms with Crippen molar-refractivity contribution < 1.29 is 4.79 Å². The number of benzene rings is 1. The number of hydrogen-bond donors (Lipinski definition) is 0. The lowest BCUT2D eigenvalue weighted by atomic mass is 10.2. The van der Waals surface area contributed by atoms with Crippen LogP contribution in [-0.4, -0.2) is 19.8 Å². The second-order valence-corrected chi connectivity index (χ2v) is 7.90. The van der Waals surface area contributed by atoms with Crippen LogP contribution in [0.3, 0.4) is 0 Å². The van der Waals surface area contributed by atoms with Gasteiger partial charge >= 0.3 is 0 Å². The van der Waals surface area contributed by atoms with Gasteiger partial charge in [-0.15, -0.1) is 0 Å². The molecule has 6 heteroatoms. The molecule has 4 rings (SSSR count). The van der Waals surface area contributed by atoms with E-state index in [0.717, 1.165) is 28.3 Å². The molecule has 1 fully saturated rings. The average Bonchev–Trinajstić information content (AvgIpc) is 3.11. The van der Waals surface area contributed by atoms with Gasteiger partial charge in [0.15, 0.2) is 4.32 Å². The van der Waals surface area contributed by atoms with Crippen molar-refractivity contribution in [2.24, 2.45) is 0 Å². The number of para-hydroxylation sites is 1. The molecular weight excluding hydrogens is 374 g/mol. The number of pyridine rings is 1. The highest BCUT2D eigenvalue weighted by Crippen LogP contribution is 2.36. The first-order valence-electron chi connectivity index (χ1n) is 8.48. The highest BCUT2D eigenvalue weighted by molar-refractivity contribution is 8.27. The molecule has 0 unspecified atom stereocenters. The van der Waals surface area contributed by atoms with Gasteiger partial charge in [0.25, 0.3) is 5.91 Å². The minimum Gasteiger partial charge on any atom is -0.316 e. The fourth-order valence-corrected chi connectivity index (χ4v) is 4.52. The summed E-state index contributed by atoms with van der Waals surface area (Å²) < 4.78 is 2.69. The van der Waals surface area contributed by atoms with Gasteiger partial charge in [0, 0.05) is 17.6 Å². The second kappa shape index (κ2) is 7.13. The Morgan fingerprint density at radius 2 is 1.81 bits per heavy atom. The van der Waals surface area contributed by atoms with E-state index in [9.17, 15) is 4.79 Å². The molecule has 1 aliphatic rings. The molecule has 134 valence electrons. The van der Waals surface area contributed by atoms with E-state index >= 15 is 0 Å². The second-order valence-electron chi connectivity index (χ2n) is 6.23. The SMILES string of the molecule is Cc1cc(/C=C2/SC(=S)N(c3ccccc3)C2=O)c(C)n1-c1cccnc1. The van der Waals surface area contributed by atoms with Crippen LogP contribution in [0.2, 0.25) is 0 Å². The standard InChI is InChI=1S/C21H17N3OS2/c1-14-11-16(15(2)23(14)18-9-6-10-22-13-18)12-19-20(25)24(21(26)27-19)17-7-4-3-5-8-17/h3-13H,1-2H3/b19-12+. The van der Waals surface area contributed by atoms with Crippen molar-refractivity contribution in [3.8, 4) is 5.69 Å². The van der Waals surface area contributed by atoms with Crippen LogP contribution in [-0.2, 0) is 4.79 Å². The van der Waals surface area contributed by atoms with Crippen molar-refractivity contribution in [2.75, 3.05) is 4.90 Å². The van der Waals surface area contributed by atoms with Gasteiger partial charge in [-0.1, -0.05) is 42.2 Å². The molecule has 0 N–H and O–H groups in total. The van der Waals surface area contributed by atoms with Gasteiger partial charge in [0.1, 0.15) is 0 Å². The lowest BCUT2D eigenvalue weighted by Crippen LogP contribution is -2.27. The predicted octanol–water partition coefficient (Wildman–Crippen LogP) is 4.89. The van der Waals surface area contributed by atoms with Gasteiger partial charge in [-0.05, 0) is 55.8 Å². The van der Waals surface area contributed by atoms with Crippen LogP contribution in [0.1, 0.15) is 17.0 Å². The molecule has 0 spiro atoms. The van der Waals surface area contributed by atoms with Crippen LogP contribution in [0.25, 0.3) is 11.8 Å². The van der Waals surface area contributed by atoms with E-state index in [1.807, 2.05) is 68.6 Å². The summed E-state index contributed by atoms with van der Waals surface area (Å²) in [7, 11) is 0. The summed E-state index contributed by atoms with van der Waals surface area (Å²) in [6.45, 7) is 4.09. The largest absolute Gasteiger partial charge is 0.316 e. The molecule has 1 aromatic carbocycles. The maximum Gasteiger partial charge on any atom is 0.270 e. The third kappa shape index (κ3) is 3.22. The van der Waals surface area contributed by atoms with E-state index in [1.165, 1.54) is 11.8 Å². The number of carbonyl (C=O) groups excluding carboxylic acids is 1. The Balaban J connectivity index is 1.71. The third-order valence-corrected chi connectivity index (χ3v) is 5.77. The molecule has 3 heterocycles. The zero-order valence-corrected chi connectivity index (χ0v) is 16.6. The first-order valence-corrected chi connectivity index (χ1v) is 9.71. The summed E-state index contributed by atoms with van der Waals surface area (Å²) in [5, 5.41) is 0. The van der Waals surface area contributed by atoms with Gasteiger partial charge in [-0.25, -0.2) is 0 Å². The number of carbonyl (C=O) groups is 1. The van der Waals surface area contributed by atoms with Crippen LogP contribution in [0.4, 0.5) is 5.69 Å². The van der Waals surface area contributed by atoms with Crippen molar-refractivity contribution in [1.29, 1.82) is 0 Å². The van der Waals surface area contributed by atoms with Crippen molar-refractivity contribution in [3.05, 3.63) is 82.8 Å². The lowest BCUT2D eigenvalue weighted by molar-refractivity contribution is -0.113. The Morgan fingerprint density at radius 1 is 1.07 bits per heavy atom. The number of aromatic nitrogens is 2. The van der Waals surface area contributed by atoms with Gasteiger partial charge in [0.2, 0.25) is 0 Å². The lowest BCUT2D eigenvalue weighted by Gasteiger charge is -2.13. The molecule has 0 aliphatic carbocycles. The minimum atomic E-state index is -0.0811. The van der Waals surface area contributed by atoms with Crippen LogP contribution in [0.15, 0.2) is 65.8 Å². The van der Waals surface area contributed by atoms with Crippen molar-refractivity contribution in [3.63, 3.8) is 0 Å². The molecule has 4 nitrogen and oxygen atoms in total. The summed E-state index contributed by atoms with van der Waals surface area (Å²) in [6.07, 6.45) is 5.52. The van der Waals surface area contributed by atoms with Gasteiger partial charge < -0.3 is 4.57 Å². The molecular formula is C21H17N3OS2. The van der Waals surface area contributed by atoms with E-state index in [0.29, 0.717) is 9.23 Å². The normalized spacial score (nSPS) is 15.8. The molecule has 0 bridgehead atoms. The molecule has 2 aromatic heterocycles. The maximum atomic E-state index is 12.9. The summed E-state index contributed by atoms with van der Waals surface area (Å²) in [6, 6.07) is 15.5. The maximum absolute atomic E-state index is 12.9. The minimum absolute atomic E-state index is 0.0811. The summed E-state index contributed by atoms with van der Waals surface area (Å²) in [5.74, 6) is -0.0811. The van der Waals surface area contributed by atoms with E-state index < -0.39 is 0 Å². The fraction of sp³-hybridized carbons (Fsp3) is 0.0952. The summed E-state index contributed by atoms with van der Waals surface area (Å²) >= 11 is 6.79. The predicted molar refractivity (Wildman–Crippen MR) is 115 cm³/mol. The summed E-state index contributed by atoms with van der Waals surface area (Å²) in [4.78, 5) is 19.4. The Hall–Kier alpha value is -2.70. The molecule has 1 amide bonds. The molecule has 1 saturated heterocycles. The van der Waals surface area contributed by atoms with Crippen LogP contribution < -0.4 is 4.90 Å². The molecule has 0 atom stereocenters. The average molecular weight is 392 g/mol. The molecule has 3 aromatic rings. The number of nitrogens with zero attached hydrogens (tertiary/aromatic N) is 3. The Kier molecular flexibility index (Phi) is 4.68. The first-order chi connectivity index (χ1) is 13.1. The smallest absolute Gasteiger partial charge is 0.270 e. The van der Waals surface area contributed by atoms with Crippen molar-refractivity contribution in [1.82, 2.24) is 9.55 Å². The zero-order chi connectivity index (χ0) is 19.0. The molecule has 27 heavy (non-hydrogen) atoms. The summed E-state index contributed by atoms with van der Waals surface area (Å²) in [5.41, 5.74) is 4.95. The van der Waals surface area contributed by atoms with E-state index in [2.05, 4.69) is 15.6 Å². The topological polar surface area (TPSA) is 38.1 Å². The van der Waals surface area contributed by atoms with E-state index in [1.54, 1.807) is 11.1 Å². The van der Waals surface area contributed by atoms with E-state index in [-0.39, 0.29) is 5.91 Å². The number of anilines is 1. The molecule has 0 saturated carbocycles. The van der Waals surface area contributed by atoms with Gasteiger partial charge in [0.05, 0.1) is 22.5 Å². The molecule has 0 radical (unpaired) electrons. The highest BCUT2D eigenvalue weighted by Gasteiger charge is 2.33. The van der Waals surface area contributed by atoms with Crippen LogP contribution >= 0.6 is 24.0 Å². The van der Waals surface area contributed by atoms with Gasteiger partial charge in [-0.2, -0.15) is 0 Å².